The molecule has 4 nitrogen and oxygen atoms in total. The van der Waals surface area contributed by atoms with Gasteiger partial charge in [0.05, 0.1) is 6.61 Å². The van der Waals surface area contributed by atoms with Crippen LogP contribution in [-0.4, -0.2) is 24.2 Å². The zero-order valence-corrected chi connectivity index (χ0v) is 11.7. The van der Waals surface area contributed by atoms with Gasteiger partial charge >= 0.3 is 0 Å². The minimum Gasteiger partial charge on any atom is -0.489 e. The first-order chi connectivity index (χ1) is 10.6. The van der Waals surface area contributed by atoms with E-state index in [1.54, 1.807) is 18.2 Å². The van der Waals surface area contributed by atoms with Crippen LogP contribution in [0.25, 0.3) is 0 Å². The van der Waals surface area contributed by atoms with Crippen molar-refractivity contribution in [3.8, 4) is 5.75 Å². The van der Waals surface area contributed by atoms with Crippen LogP contribution in [-0.2, 0) is 6.61 Å². The van der Waals surface area contributed by atoms with Crippen molar-refractivity contribution in [2.75, 3.05) is 13.2 Å². The number of hydrogen-bond acceptors (Lipinski definition) is 3. The maximum atomic E-state index is 13.1. The van der Waals surface area contributed by atoms with Gasteiger partial charge < -0.3 is 15.2 Å². The molecular formula is C16H15F2NO3. The van der Waals surface area contributed by atoms with E-state index in [1.165, 1.54) is 12.1 Å². The molecule has 0 aliphatic rings. The van der Waals surface area contributed by atoms with Gasteiger partial charge in [0.2, 0.25) is 0 Å². The van der Waals surface area contributed by atoms with Gasteiger partial charge in [-0.25, -0.2) is 8.78 Å². The number of rotatable bonds is 6. The summed E-state index contributed by atoms with van der Waals surface area (Å²) in [6.07, 6.45) is 0. The van der Waals surface area contributed by atoms with E-state index in [4.69, 9.17) is 9.84 Å². The lowest BCUT2D eigenvalue weighted by atomic mass is 10.2. The molecule has 0 saturated carbocycles. The van der Waals surface area contributed by atoms with Gasteiger partial charge in [0, 0.05) is 12.1 Å². The zero-order chi connectivity index (χ0) is 15.9. The van der Waals surface area contributed by atoms with Gasteiger partial charge in [-0.3, -0.25) is 4.79 Å². The molecule has 116 valence electrons. The topological polar surface area (TPSA) is 58.6 Å². The largest absolute Gasteiger partial charge is 0.489 e. The van der Waals surface area contributed by atoms with Crippen LogP contribution in [0.15, 0.2) is 42.5 Å². The summed E-state index contributed by atoms with van der Waals surface area (Å²) in [5, 5.41) is 11.2. The van der Waals surface area contributed by atoms with Crippen LogP contribution in [0.3, 0.4) is 0 Å². The number of amides is 1. The van der Waals surface area contributed by atoms with Crippen LogP contribution in [0.2, 0.25) is 0 Å². The highest BCUT2D eigenvalue weighted by atomic mass is 19.2. The predicted octanol–water partition coefficient (Wildman–Crippen LogP) is 2.27. The van der Waals surface area contributed by atoms with Crippen molar-refractivity contribution in [1.82, 2.24) is 5.32 Å². The molecule has 2 N–H and O–H groups in total. The number of benzene rings is 2. The molecule has 2 aromatic carbocycles. The van der Waals surface area contributed by atoms with Crippen molar-refractivity contribution < 1.29 is 23.4 Å². The number of aliphatic hydroxyl groups is 1. The molecule has 0 atom stereocenters. The molecule has 0 spiro atoms. The lowest BCUT2D eigenvalue weighted by Crippen LogP contribution is -2.26. The van der Waals surface area contributed by atoms with Crippen LogP contribution in [0, 0.1) is 11.6 Å². The van der Waals surface area contributed by atoms with Gasteiger partial charge in [0.1, 0.15) is 12.4 Å². The highest BCUT2D eigenvalue weighted by Gasteiger charge is 2.07. The standard InChI is InChI=1S/C16H15F2NO3/c17-14-5-4-11(8-15(14)18)10-22-13-3-1-2-12(9-13)16(21)19-6-7-20/h1-5,8-9,20H,6-7,10H2,(H,19,21). The van der Waals surface area contributed by atoms with Gasteiger partial charge in [-0.1, -0.05) is 12.1 Å². The first kappa shape index (κ1) is 15.9. The lowest BCUT2D eigenvalue weighted by Gasteiger charge is -2.09. The minimum atomic E-state index is -0.932. The minimum absolute atomic E-state index is 0.0545. The van der Waals surface area contributed by atoms with Crippen LogP contribution in [0.5, 0.6) is 5.75 Å². The van der Waals surface area contributed by atoms with Crippen LogP contribution in [0.1, 0.15) is 15.9 Å². The second-order valence-electron chi connectivity index (χ2n) is 4.54. The molecule has 2 rings (SSSR count). The Hall–Kier alpha value is -2.47. The molecule has 0 aliphatic heterocycles. The highest BCUT2D eigenvalue weighted by Crippen LogP contribution is 2.16. The fourth-order valence-electron chi connectivity index (χ4n) is 1.79. The van der Waals surface area contributed by atoms with Crippen LogP contribution >= 0.6 is 0 Å². The molecule has 6 heteroatoms. The van der Waals surface area contributed by atoms with Gasteiger partial charge in [-0.05, 0) is 35.9 Å². The first-order valence-corrected chi connectivity index (χ1v) is 6.66. The molecule has 22 heavy (non-hydrogen) atoms. The first-order valence-electron chi connectivity index (χ1n) is 6.66. The van der Waals surface area contributed by atoms with E-state index in [9.17, 15) is 13.6 Å². The Morgan fingerprint density at radius 2 is 1.95 bits per heavy atom. The van der Waals surface area contributed by atoms with E-state index >= 15 is 0 Å². The van der Waals surface area contributed by atoms with E-state index in [-0.39, 0.29) is 25.7 Å². The molecule has 2 aromatic rings. The lowest BCUT2D eigenvalue weighted by molar-refractivity contribution is 0.0944. The third-order valence-corrected chi connectivity index (χ3v) is 2.88. The van der Waals surface area contributed by atoms with E-state index in [2.05, 4.69) is 5.32 Å². The Bertz CT molecular complexity index is 662. The predicted molar refractivity (Wildman–Crippen MR) is 76.6 cm³/mol. The molecule has 0 unspecified atom stereocenters. The fraction of sp³-hybridized carbons (Fsp3) is 0.188. The van der Waals surface area contributed by atoms with Crippen molar-refractivity contribution in [3.63, 3.8) is 0 Å². The summed E-state index contributed by atoms with van der Waals surface area (Å²) >= 11 is 0. The van der Waals surface area contributed by atoms with E-state index < -0.39 is 11.6 Å². The Kier molecular flexibility index (Phi) is 5.43. The Balaban J connectivity index is 2.01. The van der Waals surface area contributed by atoms with E-state index in [1.807, 2.05) is 0 Å². The maximum absolute atomic E-state index is 13.1. The number of halogens is 2. The molecule has 0 radical (unpaired) electrons. The summed E-state index contributed by atoms with van der Waals surface area (Å²) in [6.45, 7) is 0.0791. The number of hydrogen-bond donors (Lipinski definition) is 2. The normalized spacial score (nSPS) is 10.3. The fourth-order valence-corrected chi connectivity index (χ4v) is 1.79. The van der Waals surface area contributed by atoms with Crippen molar-refractivity contribution >= 4 is 5.91 Å². The maximum Gasteiger partial charge on any atom is 0.251 e. The SMILES string of the molecule is O=C(NCCO)c1cccc(OCc2ccc(F)c(F)c2)c1. The smallest absolute Gasteiger partial charge is 0.251 e. The van der Waals surface area contributed by atoms with Gasteiger partial charge in [-0.2, -0.15) is 0 Å². The summed E-state index contributed by atoms with van der Waals surface area (Å²) < 4.78 is 31.4. The van der Waals surface area contributed by atoms with Crippen LogP contribution in [0.4, 0.5) is 8.78 Å². The second kappa shape index (κ2) is 7.51. The molecular weight excluding hydrogens is 292 g/mol. The summed E-state index contributed by atoms with van der Waals surface area (Å²) in [7, 11) is 0. The summed E-state index contributed by atoms with van der Waals surface area (Å²) in [4.78, 5) is 11.7. The van der Waals surface area contributed by atoms with Crippen molar-refractivity contribution in [1.29, 1.82) is 0 Å². The molecule has 0 heterocycles. The Morgan fingerprint density at radius 3 is 2.68 bits per heavy atom. The summed E-state index contributed by atoms with van der Waals surface area (Å²) in [5.41, 5.74) is 0.866. The van der Waals surface area contributed by atoms with E-state index in [0.717, 1.165) is 12.1 Å². The average Bonchev–Trinajstić information content (AvgIpc) is 2.54. The van der Waals surface area contributed by atoms with Gasteiger partial charge in [-0.15, -0.1) is 0 Å². The van der Waals surface area contributed by atoms with Gasteiger partial charge in [0.25, 0.3) is 5.91 Å². The molecule has 0 bridgehead atoms. The number of aliphatic hydroxyl groups excluding tert-OH is 1. The molecule has 1 amide bonds. The zero-order valence-electron chi connectivity index (χ0n) is 11.7. The van der Waals surface area contributed by atoms with Gasteiger partial charge in [0.15, 0.2) is 11.6 Å². The van der Waals surface area contributed by atoms with Crippen molar-refractivity contribution in [2.45, 2.75) is 6.61 Å². The number of nitrogens with one attached hydrogen (secondary N) is 1. The van der Waals surface area contributed by atoms with Crippen LogP contribution < -0.4 is 10.1 Å². The number of carbonyl (C=O) groups excluding carboxylic acids is 1. The summed E-state index contributed by atoms with van der Waals surface area (Å²) in [6, 6.07) is 9.97. The molecule has 0 saturated heterocycles. The monoisotopic (exact) mass is 307 g/mol. The molecule has 0 aliphatic carbocycles. The third kappa shape index (κ3) is 4.26. The van der Waals surface area contributed by atoms with Crippen molar-refractivity contribution in [2.24, 2.45) is 0 Å². The van der Waals surface area contributed by atoms with E-state index in [0.29, 0.717) is 16.9 Å². The Labute approximate surface area is 126 Å². The molecule has 0 fully saturated rings. The molecule has 0 aromatic heterocycles. The highest BCUT2D eigenvalue weighted by molar-refractivity contribution is 5.94. The average molecular weight is 307 g/mol. The number of ether oxygens (including phenoxy) is 1. The van der Waals surface area contributed by atoms with Crippen molar-refractivity contribution in [3.05, 3.63) is 65.2 Å². The Morgan fingerprint density at radius 1 is 1.14 bits per heavy atom. The quantitative estimate of drug-likeness (QED) is 0.860. The second-order valence-corrected chi connectivity index (χ2v) is 4.54. The summed E-state index contributed by atoms with van der Waals surface area (Å²) in [5.74, 6) is -1.74. The third-order valence-electron chi connectivity index (χ3n) is 2.88. The number of carbonyl (C=O) groups is 1.